The van der Waals surface area contributed by atoms with Crippen molar-refractivity contribution in [1.82, 2.24) is 0 Å². The molecule has 0 aromatic heterocycles. The molecule has 0 aromatic rings. The predicted octanol–water partition coefficient (Wildman–Crippen LogP) is 0.662. The van der Waals surface area contributed by atoms with Crippen LogP contribution in [0.3, 0.4) is 0 Å². The van der Waals surface area contributed by atoms with Crippen molar-refractivity contribution in [3.63, 3.8) is 0 Å². The molecule has 0 aliphatic rings. The molecule has 0 fully saturated rings. The molecular formula is C7H15NO. The zero-order valence-corrected chi connectivity index (χ0v) is 5.93. The summed E-state index contributed by atoms with van der Waals surface area (Å²) in [6, 6.07) is 0. The average Bonchev–Trinajstić information content (AvgIpc) is 1.64. The molecule has 0 heterocycles. The minimum absolute atomic E-state index is 0.529. The Morgan fingerprint density at radius 2 is 2.33 bits per heavy atom. The molecule has 3 N–H and O–H groups in total. The van der Waals surface area contributed by atoms with E-state index in [1.165, 1.54) is 0 Å². The fraction of sp³-hybridized carbons (Fsp3) is 0.714. The third-order valence-corrected chi connectivity index (χ3v) is 1.27. The van der Waals surface area contributed by atoms with E-state index in [4.69, 9.17) is 5.73 Å². The average molecular weight is 129 g/mol. The summed E-state index contributed by atoms with van der Waals surface area (Å²) in [6.45, 7) is 5.82. The number of rotatable bonds is 4. The highest BCUT2D eigenvalue weighted by Gasteiger charge is 2.15. The molecule has 2 nitrogen and oxygen atoms in total. The van der Waals surface area contributed by atoms with Crippen molar-refractivity contribution in [2.75, 3.05) is 6.54 Å². The Balaban J connectivity index is 3.55. The molecule has 0 saturated heterocycles. The summed E-state index contributed by atoms with van der Waals surface area (Å²) in [5.74, 6) is 0. The molecule has 0 aromatic carbocycles. The van der Waals surface area contributed by atoms with Gasteiger partial charge in [-0.15, -0.1) is 6.58 Å². The Hall–Kier alpha value is -0.340. The Morgan fingerprint density at radius 1 is 1.78 bits per heavy atom. The Morgan fingerprint density at radius 3 is 2.67 bits per heavy atom. The quantitative estimate of drug-likeness (QED) is 0.548. The topological polar surface area (TPSA) is 46.2 Å². The molecule has 0 spiro atoms. The van der Waals surface area contributed by atoms with Crippen LogP contribution in [0.4, 0.5) is 0 Å². The molecule has 1 unspecified atom stereocenters. The van der Waals surface area contributed by atoms with Crippen LogP contribution in [0.25, 0.3) is 0 Å². The first kappa shape index (κ1) is 8.66. The van der Waals surface area contributed by atoms with Gasteiger partial charge in [0.25, 0.3) is 0 Å². The van der Waals surface area contributed by atoms with E-state index in [0.717, 1.165) is 0 Å². The molecule has 0 amide bonds. The first-order valence-corrected chi connectivity index (χ1v) is 3.16. The lowest BCUT2D eigenvalue weighted by Gasteiger charge is -2.19. The van der Waals surface area contributed by atoms with Gasteiger partial charge < -0.3 is 10.8 Å². The van der Waals surface area contributed by atoms with Gasteiger partial charge >= 0.3 is 0 Å². The van der Waals surface area contributed by atoms with E-state index in [1.807, 2.05) is 0 Å². The van der Waals surface area contributed by atoms with Crippen molar-refractivity contribution in [3.8, 4) is 0 Å². The molecular weight excluding hydrogens is 114 g/mol. The fourth-order valence-electron chi connectivity index (χ4n) is 0.724. The van der Waals surface area contributed by atoms with Crippen LogP contribution in [0.15, 0.2) is 12.7 Å². The molecule has 0 rings (SSSR count). The summed E-state index contributed by atoms with van der Waals surface area (Å²) in [5, 5.41) is 9.36. The maximum atomic E-state index is 9.36. The minimum atomic E-state index is -0.642. The van der Waals surface area contributed by atoms with Crippen molar-refractivity contribution in [2.24, 2.45) is 5.73 Å². The second kappa shape index (κ2) is 3.64. The van der Waals surface area contributed by atoms with Gasteiger partial charge in [0.05, 0.1) is 5.60 Å². The SMILES string of the molecule is C=CCC(C)(O)CCN. The van der Waals surface area contributed by atoms with Crippen molar-refractivity contribution >= 4 is 0 Å². The third kappa shape index (κ3) is 4.18. The third-order valence-electron chi connectivity index (χ3n) is 1.27. The van der Waals surface area contributed by atoms with Gasteiger partial charge in [-0.05, 0) is 26.3 Å². The number of hydrogen-bond donors (Lipinski definition) is 2. The van der Waals surface area contributed by atoms with Crippen LogP contribution in [0.5, 0.6) is 0 Å². The summed E-state index contributed by atoms with van der Waals surface area (Å²) in [7, 11) is 0. The number of hydrogen-bond acceptors (Lipinski definition) is 2. The summed E-state index contributed by atoms with van der Waals surface area (Å²) in [6.07, 6.45) is 2.96. The van der Waals surface area contributed by atoms with Gasteiger partial charge in [0.1, 0.15) is 0 Å². The summed E-state index contributed by atoms with van der Waals surface area (Å²) in [4.78, 5) is 0. The molecule has 1 atom stereocenters. The van der Waals surface area contributed by atoms with E-state index in [1.54, 1.807) is 13.0 Å². The largest absolute Gasteiger partial charge is 0.390 e. The smallest absolute Gasteiger partial charge is 0.0665 e. The Labute approximate surface area is 56.4 Å². The molecule has 2 heteroatoms. The molecule has 0 saturated carbocycles. The molecule has 9 heavy (non-hydrogen) atoms. The van der Waals surface area contributed by atoms with Gasteiger partial charge in [0.2, 0.25) is 0 Å². The van der Waals surface area contributed by atoms with E-state index in [0.29, 0.717) is 19.4 Å². The van der Waals surface area contributed by atoms with Crippen molar-refractivity contribution < 1.29 is 5.11 Å². The van der Waals surface area contributed by atoms with Crippen LogP contribution in [0.1, 0.15) is 19.8 Å². The first-order chi connectivity index (χ1) is 4.12. The predicted molar refractivity (Wildman–Crippen MR) is 39.1 cm³/mol. The second-order valence-electron chi connectivity index (χ2n) is 2.53. The Kier molecular flexibility index (Phi) is 3.50. The highest BCUT2D eigenvalue weighted by atomic mass is 16.3. The fourth-order valence-corrected chi connectivity index (χ4v) is 0.724. The molecule has 0 aliphatic heterocycles. The van der Waals surface area contributed by atoms with E-state index in [9.17, 15) is 5.11 Å². The lowest BCUT2D eigenvalue weighted by molar-refractivity contribution is 0.0567. The van der Waals surface area contributed by atoms with Crippen molar-refractivity contribution in [3.05, 3.63) is 12.7 Å². The van der Waals surface area contributed by atoms with Crippen LogP contribution < -0.4 is 5.73 Å². The normalized spacial score (nSPS) is 16.8. The summed E-state index contributed by atoms with van der Waals surface area (Å²) >= 11 is 0. The van der Waals surface area contributed by atoms with Crippen molar-refractivity contribution in [1.29, 1.82) is 0 Å². The summed E-state index contributed by atoms with van der Waals surface area (Å²) in [5.41, 5.74) is 4.61. The first-order valence-electron chi connectivity index (χ1n) is 3.16. The minimum Gasteiger partial charge on any atom is -0.390 e. The van der Waals surface area contributed by atoms with Gasteiger partial charge in [0.15, 0.2) is 0 Å². The van der Waals surface area contributed by atoms with Gasteiger partial charge in [-0.2, -0.15) is 0 Å². The van der Waals surface area contributed by atoms with Gasteiger partial charge in [-0.25, -0.2) is 0 Å². The zero-order valence-electron chi connectivity index (χ0n) is 5.93. The lowest BCUT2D eigenvalue weighted by atomic mass is 9.99. The van der Waals surface area contributed by atoms with Crippen LogP contribution in [-0.4, -0.2) is 17.3 Å². The van der Waals surface area contributed by atoms with E-state index < -0.39 is 5.60 Å². The monoisotopic (exact) mass is 129 g/mol. The van der Waals surface area contributed by atoms with Crippen molar-refractivity contribution in [2.45, 2.75) is 25.4 Å². The van der Waals surface area contributed by atoms with E-state index in [-0.39, 0.29) is 0 Å². The summed E-state index contributed by atoms with van der Waals surface area (Å²) < 4.78 is 0. The number of nitrogens with two attached hydrogens (primary N) is 1. The second-order valence-corrected chi connectivity index (χ2v) is 2.53. The highest BCUT2D eigenvalue weighted by Crippen LogP contribution is 2.12. The van der Waals surface area contributed by atoms with Gasteiger partial charge in [0, 0.05) is 0 Å². The molecule has 0 radical (unpaired) electrons. The van der Waals surface area contributed by atoms with Crippen LogP contribution in [-0.2, 0) is 0 Å². The van der Waals surface area contributed by atoms with E-state index >= 15 is 0 Å². The Bertz CT molecular complexity index is 88.9. The zero-order chi connectivity index (χ0) is 7.33. The molecule has 54 valence electrons. The maximum Gasteiger partial charge on any atom is 0.0665 e. The lowest BCUT2D eigenvalue weighted by Crippen LogP contribution is -2.26. The maximum absolute atomic E-state index is 9.36. The molecule has 0 bridgehead atoms. The molecule has 0 aliphatic carbocycles. The van der Waals surface area contributed by atoms with Gasteiger partial charge in [-0.1, -0.05) is 6.08 Å². The van der Waals surface area contributed by atoms with Crippen LogP contribution >= 0.6 is 0 Å². The van der Waals surface area contributed by atoms with Crippen LogP contribution in [0, 0.1) is 0 Å². The standard InChI is InChI=1S/C7H15NO/c1-3-4-7(2,9)5-6-8/h3,9H,1,4-6,8H2,2H3. The van der Waals surface area contributed by atoms with Crippen LogP contribution in [0.2, 0.25) is 0 Å². The highest BCUT2D eigenvalue weighted by molar-refractivity contribution is 4.82. The van der Waals surface area contributed by atoms with Gasteiger partial charge in [-0.3, -0.25) is 0 Å². The number of aliphatic hydroxyl groups is 1. The van der Waals surface area contributed by atoms with E-state index in [2.05, 4.69) is 6.58 Å².